The van der Waals surface area contributed by atoms with Gasteiger partial charge in [0.15, 0.2) is 0 Å². The quantitative estimate of drug-likeness (QED) is 0.403. The van der Waals surface area contributed by atoms with Crippen LogP contribution in [0.3, 0.4) is 0 Å². The number of nitrogens with zero attached hydrogens (tertiary/aromatic N) is 4. The largest absolute Gasteiger partial charge is 0.366 e. The van der Waals surface area contributed by atoms with Gasteiger partial charge in [-0.1, -0.05) is 25.1 Å². The summed E-state index contributed by atoms with van der Waals surface area (Å²) in [6.07, 6.45) is 1.71. The summed E-state index contributed by atoms with van der Waals surface area (Å²) in [7, 11) is 0. The third-order valence-electron chi connectivity index (χ3n) is 7.00. The van der Waals surface area contributed by atoms with Crippen molar-refractivity contribution in [3.05, 3.63) is 69.3 Å². The van der Waals surface area contributed by atoms with E-state index in [1.165, 1.54) is 11.0 Å². The molecule has 35 heavy (non-hydrogen) atoms. The van der Waals surface area contributed by atoms with Gasteiger partial charge in [0.1, 0.15) is 5.69 Å². The van der Waals surface area contributed by atoms with Crippen molar-refractivity contribution in [2.75, 3.05) is 24.5 Å². The van der Waals surface area contributed by atoms with Crippen LogP contribution >= 0.6 is 0 Å². The molecule has 0 aromatic heterocycles. The van der Waals surface area contributed by atoms with Gasteiger partial charge < -0.3 is 4.90 Å². The minimum Gasteiger partial charge on any atom is -0.366 e. The van der Waals surface area contributed by atoms with E-state index in [1.54, 1.807) is 36.4 Å². The molecule has 1 unspecified atom stereocenters. The molecule has 2 aromatic carbocycles. The lowest BCUT2D eigenvalue weighted by atomic mass is 9.92. The van der Waals surface area contributed by atoms with Gasteiger partial charge >= 0.3 is 0 Å². The molecular weight excluding hydrogens is 450 g/mol. The standard InChI is InChI=1S/C25H25N5O5/c1-15-12-22(31)26-27-23(15)17-6-7-20(21(13-17)30(34)35)28-10-8-16(9-11-28)14-29-24(32)18-4-2-3-5-19(18)25(29)33/h2-7,13,15-16H,8-12,14H2,1H3,(H,26,31). The van der Waals surface area contributed by atoms with Crippen molar-refractivity contribution in [2.24, 2.45) is 16.9 Å². The average molecular weight is 476 g/mol. The molecule has 0 spiro atoms. The number of hydrogen-bond donors (Lipinski definition) is 1. The first kappa shape index (κ1) is 22.7. The average Bonchev–Trinajstić information content (AvgIpc) is 3.09. The van der Waals surface area contributed by atoms with Crippen molar-refractivity contribution in [3.8, 4) is 0 Å². The molecule has 180 valence electrons. The van der Waals surface area contributed by atoms with E-state index in [0.717, 1.165) is 0 Å². The number of imide groups is 1. The zero-order chi connectivity index (χ0) is 24.7. The Morgan fingerprint density at radius 3 is 2.31 bits per heavy atom. The maximum Gasteiger partial charge on any atom is 0.293 e. The first-order valence-electron chi connectivity index (χ1n) is 11.7. The maximum absolute atomic E-state index is 12.7. The molecule has 3 aliphatic heterocycles. The summed E-state index contributed by atoms with van der Waals surface area (Å²) in [5.74, 6) is -0.679. The number of carbonyl (C=O) groups excluding carboxylic acids is 3. The van der Waals surface area contributed by atoms with Crippen molar-refractivity contribution >= 4 is 34.8 Å². The molecule has 1 saturated heterocycles. The molecule has 0 saturated carbocycles. The number of hydrogen-bond acceptors (Lipinski definition) is 7. The van der Waals surface area contributed by atoms with Crippen molar-refractivity contribution in [2.45, 2.75) is 26.2 Å². The smallest absolute Gasteiger partial charge is 0.293 e. The van der Waals surface area contributed by atoms with Gasteiger partial charge in [0.25, 0.3) is 17.5 Å². The van der Waals surface area contributed by atoms with Crippen molar-refractivity contribution in [1.82, 2.24) is 10.3 Å². The van der Waals surface area contributed by atoms with Crippen LogP contribution in [-0.4, -0.2) is 52.9 Å². The molecule has 3 heterocycles. The normalized spacial score (nSPS) is 20.5. The zero-order valence-electron chi connectivity index (χ0n) is 19.3. The summed E-state index contributed by atoms with van der Waals surface area (Å²) >= 11 is 0. The molecule has 1 fully saturated rings. The SMILES string of the molecule is CC1CC(=O)NN=C1c1ccc(N2CCC(CN3C(=O)c4ccccc4C3=O)CC2)c([N+](=O)[O-])c1. The van der Waals surface area contributed by atoms with Crippen LogP contribution in [0.5, 0.6) is 0 Å². The Labute approximate surface area is 201 Å². The highest BCUT2D eigenvalue weighted by atomic mass is 16.6. The van der Waals surface area contributed by atoms with Crippen LogP contribution in [0.25, 0.3) is 0 Å². The first-order chi connectivity index (χ1) is 16.8. The van der Waals surface area contributed by atoms with Gasteiger partial charge in [0.2, 0.25) is 5.91 Å². The fourth-order valence-corrected chi connectivity index (χ4v) is 5.12. The number of rotatable bonds is 5. The lowest BCUT2D eigenvalue weighted by Gasteiger charge is -2.34. The van der Waals surface area contributed by atoms with Crippen LogP contribution in [0.1, 0.15) is 52.5 Å². The van der Waals surface area contributed by atoms with Crippen LogP contribution in [0.4, 0.5) is 11.4 Å². The van der Waals surface area contributed by atoms with E-state index in [9.17, 15) is 24.5 Å². The lowest BCUT2D eigenvalue weighted by molar-refractivity contribution is -0.384. The van der Waals surface area contributed by atoms with Crippen LogP contribution in [0.15, 0.2) is 47.6 Å². The van der Waals surface area contributed by atoms with E-state index < -0.39 is 4.92 Å². The summed E-state index contributed by atoms with van der Waals surface area (Å²) in [5.41, 5.74) is 5.11. The van der Waals surface area contributed by atoms with E-state index in [1.807, 2.05) is 11.8 Å². The van der Waals surface area contributed by atoms with Crippen molar-refractivity contribution in [3.63, 3.8) is 0 Å². The Kier molecular flexibility index (Phi) is 5.80. The Morgan fingerprint density at radius 2 is 1.71 bits per heavy atom. The molecule has 0 bridgehead atoms. The number of hydrazone groups is 1. The maximum atomic E-state index is 12.7. The van der Waals surface area contributed by atoms with Crippen LogP contribution < -0.4 is 10.3 Å². The van der Waals surface area contributed by atoms with E-state index in [-0.39, 0.29) is 41.7 Å². The van der Waals surface area contributed by atoms with Crippen molar-refractivity contribution < 1.29 is 19.3 Å². The third kappa shape index (κ3) is 4.16. The molecule has 2 aromatic rings. The van der Waals surface area contributed by atoms with Gasteiger partial charge in [-0.2, -0.15) is 5.10 Å². The molecule has 3 amide bonds. The van der Waals surface area contributed by atoms with Crippen molar-refractivity contribution in [1.29, 1.82) is 0 Å². The molecule has 5 rings (SSSR count). The number of benzene rings is 2. The topological polar surface area (TPSA) is 125 Å². The molecule has 1 atom stereocenters. The van der Waals surface area contributed by atoms with Gasteiger partial charge in [0.05, 0.1) is 21.8 Å². The minimum absolute atomic E-state index is 0.00639. The minimum atomic E-state index is -0.393. The number of amides is 3. The van der Waals surface area contributed by atoms with Gasteiger partial charge in [0, 0.05) is 43.6 Å². The van der Waals surface area contributed by atoms with Gasteiger partial charge in [-0.05, 0) is 37.0 Å². The third-order valence-corrected chi connectivity index (χ3v) is 7.00. The van der Waals surface area contributed by atoms with E-state index >= 15 is 0 Å². The van der Waals surface area contributed by atoms with Gasteiger partial charge in [-0.25, -0.2) is 5.43 Å². The monoisotopic (exact) mass is 475 g/mol. The number of piperidine rings is 1. The first-order valence-corrected chi connectivity index (χ1v) is 11.7. The highest BCUT2D eigenvalue weighted by Gasteiger charge is 2.37. The number of nitro benzene ring substituents is 1. The highest BCUT2D eigenvalue weighted by Crippen LogP contribution is 2.34. The second kappa shape index (κ2) is 8.94. The molecule has 1 N–H and O–H groups in total. The van der Waals surface area contributed by atoms with E-state index in [4.69, 9.17) is 0 Å². The Hall–Kier alpha value is -4.08. The predicted octanol–water partition coefficient (Wildman–Crippen LogP) is 2.97. The van der Waals surface area contributed by atoms with Crippen LogP contribution in [0.2, 0.25) is 0 Å². The van der Waals surface area contributed by atoms with Gasteiger partial charge in [-0.15, -0.1) is 0 Å². The van der Waals surface area contributed by atoms with Crippen LogP contribution in [-0.2, 0) is 4.79 Å². The van der Waals surface area contributed by atoms with E-state index in [2.05, 4.69) is 10.5 Å². The Morgan fingerprint density at radius 1 is 1.06 bits per heavy atom. The fourth-order valence-electron chi connectivity index (χ4n) is 5.12. The number of fused-ring (bicyclic) bond motifs is 1. The molecule has 0 aliphatic carbocycles. The second-order valence-electron chi connectivity index (χ2n) is 9.29. The number of carbonyl (C=O) groups is 3. The number of nitrogens with one attached hydrogen (secondary N) is 1. The molecule has 10 nitrogen and oxygen atoms in total. The zero-order valence-corrected chi connectivity index (χ0v) is 19.3. The lowest BCUT2D eigenvalue weighted by Crippen LogP contribution is -2.41. The molecule has 3 aliphatic rings. The second-order valence-corrected chi connectivity index (χ2v) is 9.29. The van der Waals surface area contributed by atoms with Crippen LogP contribution in [0, 0.1) is 22.0 Å². The highest BCUT2D eigenvalue weighted by molar-refractivity contribution is 6.21. The van der Waals surface area contributed by atoms with Gasteiger partial charge in [-0.3, -0.25) is 29.4 Å². The molecule has 0 radical (unpaired) electrons. The number of anilines is 1. The molecular formula is C25H25N5O5. The summed E-state index contributed by atoms with van der Waals surface area (Å²) in [6.45, 7) is 3.39. The summed E-state index contributed by atoms with van der Waals surface area (Å²) in [6, 6.07) is 11.9. The Bertz CT molecular complexity index is 1230. The predicted molar refractivity (Wildman–Crippen MR) is 128 cm³/mol. The summed E-state index contributed by atoms with van der Waals surface area (Å²) in [4.78, 5) is 51.7. The summed E-state index contributed by atoms with van der Waals surface area (Å²) < 4.78 is 0. The summed E-state index contributed by atoms with van der Waals surface area (Å²) in [5, 5.41) is 16.0. The number of nitro groups is 1. The Balaban J connectivity index is 1.28. The molecule has 10 heteroatoms. The van der Waals surface area contributed by atoms with E-state index in [0.29, 0.717) is 60.6 Å². The fraction of sp³-hybridized carbons (Fsp3) is 0.360.